The third kappa shape index (κ3) is 3.59. The van der Waals surface area contributed by atoms with Crippen LogP contribution in [0.15, 0.2) is 59.2 Å². The van der Waals surface area contributed by atoms with Crippen molar-refractivity contribution in [3.63, 3.8) is 0 Å². The predicted octanol–water partition coefficient (Wildman–Crippen LogP) is 3.05. The van der Waals surface area contributed by atoms with Crippen molar-refractivity contribution in [2.45, 2.75) is 6.92 Å². The van der Waals surface area contributed by atoms with Crippen molar-refractivity contribution >= 4 is 29.3 Å². The smallest absolute Gasteiger partial charge is 0.283 e. The Labute approximate surface area is 154 Å². The lowest BCUT2D eigenvalue weighted by Gasteiger charge is -2.09. The number of hydrogen-bond donors (Lipinski definition) is 0. The van der Waals surface area contributed by atoms with E-state index in [9.17, 15) is 19.7 Å². The highest BCUT2D eigenvalue weighted by molar-refractivity contribution is 6.30. The minimum Gasteiger partial charge on any atom is -0.497 e. The molecule has 2 aromatic rings. The SMILES string of the molecule is COc1ccc(/C=C2/C(=O)N(C(=O)c3ccc([N+](=O)[O-])cc3)N=C2C)cc1. The van der Waals surface area contributed by atoms with Gasteiger partial charge in [-0.2, -0.15) is 10.1 Å². The van der Waals surface area contributed by atoms with Crippen LogP contribution in [0.25, 0.3) is 6.08 Å². The zero-order chi connectivity index (χ0) is 19.6. The molecule has 1 aliphatic rings. The number of hydrazone groups is 1. The van der Waals surface area contributed by atoms with Crippen LogP contribution in [-0.4, -0.2) is 34.6 Å². The number of carbonyl (C=O) groups is 2. The molecule has 0 bridgehead atoms. The van der Waals surface area contributed by atoms with Crippen LogP contribution in [0, 0.1) is 10.1 Å². The van der Waals surface area contributed by atoms with Crippen molar-refractivity contribution in [2.24, 2.45) is 5.10 Å². The Morgan fingerprint density at radius 3 is 2.33 bits per heavy atom. The van der Waals surface area contributed by atoms with E-state index in [1.165, 1.54) is 24.3 Å². The second kappa shape index (κ2) is 7.20. The Kier molecular flexibility index (Phi) is 4.80. The molecule has 2 amide bonds. The number of nitro benzene ring substituents is 1. The fourth-order valence-electron chi connectivity index (χ4n) is 2.54. The van der Waals surface area contributed by atoms with Gasteiger partial charge in [0.05, 0.1) is 23.3 Å². The molecule has 136 valence electrons. The third-order valence-corrected chi connectivity index (χ3v) is 4.01. The summed E-state index contributed by atoms with van der Waals surface area (Å²) >= 11 is 0. The molecule has 0 radical (unpaired) electrons. The van der Waals surface area contributed by atoms with Gasteiger partial charge in [-0.05, 0) is 42.8 Å². The quantitative estimate of drug-likeness (QED) is 0.359. The number of methoxy groups -OCH3 is 1. The Balaban J connectivity index is 1.84. The predicted molar refractivity (Wildman–Crippen MR) is 98.4 cm³/mol. The van der Waals surface area contributed by atoms with Crippen LogP contribution in [0.2, 0.25) is 0 Å². The molecule has 0 spiro atoms. The molecule has 8 nitrogen and oxygen atoms in total. The molecule has 8 heteroatoms. The Bertz CT molecular complexity index is 975. The number of amides is 2. The zero-order valence-corrected chi connectivity index (χ0v) is 14.6. The summed E-state index contributed by atoms with van der Waals surface area (Å²) in [5.74, 6) is -0.505. The van der Waals surface area contributed by atoms with Gasteiger partial charge in [0.1, 0.15) is 5.75 Å². The van der Waals surface area contributed by atoms with E-state index in [-0.39, 0.29) is 11.3 Å². The lowest BCUT2D eigenvalue weighted by atomic mass is 10.1. The summed E-state index contributed by atoms with van der Waals surface area (Å²) in [6.07, 6.45) is 1.64. The Hall–Kier alpha value is -3.81. The van der Waals surface area contributed by atoms with Crippen LogP contribution < -0.4 is 4.74 Å². The van der Waals surface area contributed by atoms with Gasteiger partial charge in [0.25, 0.3) is 17.5 Å². The molecule has 1 heterocycles. The van der Waals surface area contributed by atoms with Crippen molar-refractivity contribution in [1.82, 2.24) is 5.01 Å². The van der Waals surface area contributed by atoms with Crippen molar-refractivity contribution in [2.75, 3.05) is 7.11 Å². The maximum absolute atomic E-state index is 12.6. The highest BCUT2D eigenvalue weighted by Gasteiger charge is 2.33. The van der Waals surface area contributed by atoms with Gasteiger partial charge in [0, 0.05) is 17.7 Å². The van der Waals surface area contributed by atoms with Gasteiger partial charge in [-0.1, -0.05) is 12.1 Å². The van der Waals surface area contributed by atoms with Crippen molar-refractivity contribution in [1.29, 1.82) is 0 Å². The Morgan fingerprint density at radius 1 is 1.15 bits per heavy atom. The van der Waals surface area contributed by atoms with Gasteiger partial charge in [0.2, 0.25) is 0 Å². The van der Waals surface area contributed by atoms with E-state index in [0.717, 1.165) is 10.6 Å². The van der Waals surface area contributed by atoms with Crippen LogP contribution in [-0.2, 0) is 4.79 Å². The van der Waals surface area contributed by atoms with Crippen LogP contribution >= 0.6 is 0 Å². The molecule has 27 heavy (non-hydrogen) atoms. The second-order valence-corrected chi connectivity index (χ2v) is 5.74. The first-order valence-electron chi connectivity index (χ1n) is 7.95. The first kappa shape index (κ1) is 18.0. The molecule has 3 rings (SSSR count). The lowest BCUT2D eigenvalue weighted by Crippen LogP contribution is -2.29. The van der Waals surface area contributed by atoms with E-state index in [1.807, 2.05) is 0 Å². The molecule has 0 saturated carbocycles. The molecule has 0 aliphatic carbocycles. The van der Waals surface area contributed by atoms with Crippen molar-refractivity contribution < 1.29 is 19.2 Å². The average Bonchev–Trinajstić information content (AvgIpc) is 2.96. The van der Waals surface area contributed by atoms with E-state index in [2.05, 4.69) is 5.10 Å². The molecule has 0 aromatic heterocycles. The summed E-state index contributed by atoms with van der Waals surface area (Å²) < 4.78 is 5.10. The number of imide groups is 1. The van der Waals surface area contributed by atoms with Gasteiger partial charge in [0.15, 0.2) is 0 Å². The molecule has 1 aliphatic heterocycles. The number of rotatable bonds is 4. The van der Waals surface area contributed by atoms with Gasteiger partial charge < -0.3 is 4.74 Å². The number of nitrogens with zero attached hydrogens (tertiary/aromatic N) is 3. The lowest BCUT2D eigenvalue weighted by molar-refractivity contribution is -0.384. The number of ether oxygens (including phenoxy) is 1. The largest absolute Gasteiger partial charge is 0.497 e. The summed E-state index contributed by atoms with van der Waals surface area (Å²) in [5, 5.41) is 15.5. The number of benzene rings is 2. The third-order valence-electron chi connectivity index (χ3n) is 4.01. The maximum atomic E-state index is 12.6. The summed E-state index contributed by atoms with van der Waals surface area (Å²) in [5.41, 5.74) is 1.47. The number of non-ortho nitro benzene ring substituents is 1. The number of nitro groups is 1. The summed E-state index contributed by atoms with van der Waals surface area (Å²) in [6, 6.07) is 12.1. The Morgan fingerprint density at radius 2 is 1.78 bits per heavy atom. The van der Waals surface area contributed by atoms with Crippen LogP contribution in [0.1, 0.15) is 22.8 Å². The van der Waals surface area contributed by atoms with Crippen LogP contribution in [0.5, 0.6) is 5.75 Å². The highest BCUT2D eigenvalue weighted by Crippen LogP contribution is 2.22. The standard InChI is InChI=1S/C19H15N3O5/c1-12-17(11-13-3-9-16(27-2)10-4-13)19(24)21(20-12)18(23)14-5-7-15(8-6-14)22(25)26/h3-11H,1-2H3/b17-11+. The topological polar surface area (TPSA) is 102 Å². The molecule has 0 N–H and O–H groups in total. The highest BCUT2D eigenvalue weighted by atomic mass is 16.6. The zero-order valence-electron chi connectivity index (χ0n) is 14.6. The van der Waals surface area contributed by atoms with E-state index >= 15 is 0 Å². The van der Waals surface area contributed by atoms with Gasteiger partial charge in [-0.15, -0.1) is 0 Å². The van der Waals surface area contributed by atoms with E-state index in [4.69, 9.17) is 4.74 Å². The van der Waals surface area contributed by atoms with Gasteiger partial charge >= 0.3 is 0 Å². The van der Waals surface area contributed by atoms with E-state index in [0.29, 0.717) is 17.0 Å². The number of carbonyl (C=O) groups excluding carboxylic acids is 2. The molecule has 0 unspecified atom stereocenters. The summed E-state index contributed by atoms with van der Waals surface area (Å²) in [7, 11) is 1.56. The van der Waals surface area contributed by atoms with E-state index in [1.54, 1.807) is 44.4 Å². The fraction of sp³-hybridized carbons (Fsp3) is 0.105. The van der Waals surface area contributed by atoms with Gasteiger partial charge in [-0.3, -0.25) is 19.7 Å². The molecule has 0 saturated heterocycles. The average molecular weight is 365 g/mol. The van der Waals surface area contributed by atoms with Crippen molar-refractivity contribution in [3.8, 4) is 5.75 Å². The molecule has 0 fully saturated rings. The number of hydrogen-bond acceptors (Lipinski definition) is 6. The van der Waals surface area contributed by atoms with E-state index < -0.39 is 16.7 Å². The summed E-state index contributed by atoms with van der Waals surface area (Å²) in [6.45, 7) is 1.64. The second-order valence-electron chi connectivity index (χ2n) is 5.74. The van der Waals surface area contributed by atoms with Gasteiger partial charge in [-0.25, -0.2) is 0 Å². The normalized spacial score (nSPS) is 15.0. The molecular weight excluding hydrogens is 350 g/mol. The summed E-state index contributed by atoms with van der Waals surface area (Å²) in [4.78, 5) is 35.3. The fourth-order valence-corrected chi connectivity index (χ4v) is 2.54. The van der Waals surface area contributed by atoms with Crippen LogP contribution in [0.4, 0.5) is 5.69 Å². The maximum Gasteiger partial charge on any atom is 0.283 e. The first-order valence-corrected chi connectivity index (χ1v) is 7.95. The molecule has 2 aromatic carbocycles. The van der Waals surface area contributed by atoms with Crippen molar-refractivity contribution in [3.05, 3.63) is 75.3 Å². The molecular formula is C19H15N3O5. The first-order chi connectivity index (χ1) is 12.9. The molecule has 0 atom stereocenters. The minimum absolute atomic E-state index is 0.135. The monoisotopic (exact) mass is 365 g/mol. The van der Waals surface area contributed by atoms with Crippen LogP contribution in [0.3, 0.4) is 0 Å². The minimum atomic E-state index is -0.646.